The van der Waals surface area contributed by atoms with Crippen LogP contribution >= 0.6 is 11.6 Å². The lowest BCUT2D eigenvalue weighted by atomic mass is 9.99. The fraction of sp³-hybridized carbons (Fsp3) is 0.200. The zero-order chi connectivity index (χ0) is 18.0. The highest BCUT2D eigenvalue weighted by Crippen LogP contribution is 2.27. The molecule has 1 aromatic heterocycles. The van der Waals surface area contributed by atoms with E-state index < -0.39 is 0 Å². The van der Waals surface area contributed by atoms with Gasteiger partial charge in [-0.05, 0) is 42.0 Å². The molecule has 0 fully saturated rings. The zero-order valence-corrected chi connectivity index (χ0v) is 14.8. The van der Waals surface area contributed by atoms with Crippen molar-refractivity contribution < 1.29 is 9.18 Å². The lowest BCUT2D eigenvalue weighted by molar-refractivity contribution is -0.121. The van der Waals surface area contributed by atoms with Crippen molar-refractivity contribution in [3.05, 3.63) is 71.3 Å². The maximum absolute atomic E-state index is 13.2. The van der Waals surface area contributed by atoms with Crippen molar-refractivity contribution in [2.45, 2.75) is 20.3 Å². The summed E-state index contributed by atoms with van der Waals surface area (Å²) < 4.78 is 14.8. The maximum atomic E-state index is 13.2. The minimum Gasteiger partial charge on any atom is -0.299 e. The van der Waals surface area contributed by atoms with Gasteiger partial charge in [-0.25, -0.2) is 9.07 Å². The largest absolute Gasteiger partial charge is 0.299 e. The molecule has 3 nitrogen and oxygen atoms in total. The first-order valence-electron chi connectivity index (χ1n) is 8.07. The van der Waals surface area contributed by atoms with Crippen LogP contribution in [0.15, 0.2) is 54.7 Å². The van der Waals surface area contributed by atoms with Crippen LogP contribution in [-0.2, 0) is 11.2 Å². The summed E-state index contributed by atoms with van der Waals surface area (Å²) >= 11 is 5.97. The van der Waals surface area contributed by atoms with Gasteiger partial charge in [0.15, 0.2) is 0 Å². The van der Waals surface area contributed by atoms with Crippen molar-refractivity contribution in [2.24, 2.45) is 5.92 Å². The van der Waals surface area contributed by atoms with Crippen molar-refractivity contribution in [3.8, 4) is 16.8 Å². The molecule has 0 aliphatic heterocycles. The minimum atomic E-state index is -0.302. The van der Waals surface area contributed by atoms with E-state index in [0.717, 1.165) is 16.8 Å². The highest BCUT2D eigenvalue weighted by Gasteiger charge is 2.17. The van der Waals surface area contributed by atoms with E-state index in [1.54, 1.807) is 28.9 Å². The van der Waals surface area contributed by atoms with Gasteiger partial charge in [0.2, 0.25) is 0 Å². The SMILES string of the molecule is CC(C)C(=O)Cc1nn(-c2ccc(F)cc2)cc1-c1ccc(Cl)cc1. The predicted octanol–water partition coefficient (Wildman–Crippen LogP) is 5.10. The van der Waals surface area contributed by atoms with Crippen LogP contribution in [0.1, 0.15) is 19.5 Å². The third-order valence-electron chi connectivity index (χ3n) is 4.02. The molecule has 0 amide bonds. The van der Waals surface area contributed by atoms with Crippen LogP contribution in [0.25, 0.3) is 16.8 Å². The van der Waals surface area contributed by atoms with Crippen molar-refractivity contribution >= 4 is 17.4 Å². The Labute approximate surface area is 151 Å². The Bertz CT molecular complexity index is 883. The molecule has 25 heavy (non-hydrogen) atoms. The van der Waals surface area contributed by atoms with Crippen LogP contribution in [0.2, 0.25) is 5.02 Å². The Balaban J connectivity index is 2.05. The number of nitrogens with zero attached hydrogens (tertiary/aromatic N) is 2. The number of ketones is 1. The van der Waals surface area contributed by atoms with E-state index in [0.29, 0.717) is 10.7 Å². The molecule has 0 unspecified atom stereocenters. The summed E-state index contributed by atoms with van der Waals surface area (Å²) in [6, 6.07) is 13.5. The Kier molecular flexibility index (Phi) is 5.00. The molecular weight excluding hydrogens is 339 g/mol. The average molecular weight is 357 g/mol. The molecule has 0 saturated heterocycles. The Hall–Kier alpha value is -2.46. The number of hydrogen-bond donors (Lipinski definition) is 0. The van der Waals surface area contributed by atoms with Crippen LogP contribution in [0.3, 0.4) is 0 Å². The van der Waals surface area contributed by atoms with Crippen LogP contribution in [0.5, 0.6) is 0 Å². The average Bonchev–Trinajstić information content (AvgIpc) is 3.00. The van der Waals surface area contributed by atoms with Gasteiger partial charge in [-0.1, -0.05) is 37.6 Å². The molecule has 0 spiro atoms. The van der Waals surface area contributed by atoms with Gasteiger partial charge in [0, 0.05) is 22.7 Å². The molecule has 0 aliphatic carbocycles. The maximum Gasteiger partial charge on any atom is 0.141 e. The van der Waals surface area contributed by atoms with Crippen molar-refractivity contribution in [3.63, 3.8) is 0 Å². The van der Waals surface area contributed by atoms with E-state index in [9.17, 15) is 9.18 Å². The van der Waals surface area contributed by atoms with Gasteiger partial charge >= 0.3 is 0 Å². The molecule has 3 rings (SSSR count). The predicted molar refractivity (Wildman–Crippen MR) is 97.5 cm³/mol. The molecular formula is C20H18ClFN2O. The molecule has 0 N–H and O–H groups in total. The van der Waals surface area contributed by atoms with Gasteiger partial charge in [0.25, 0.3) is 0 Å². The molecule has 0 aliphatic rings. The van der Waals surface area contributed by atoms with Gasteiger partial charge in [0.05, 0.1) is 17.8 Å². The summed E-state index contributed by atoms with van der Waals surface area (Å²) in [6.45, 7) is 3.75. The number of Topliss-reactive ketones (excluding diaryl/α,β-unsaturated/α-hetero) is 1. The van der Waals surface area contributed by atoms with Crippen LogP contribution in [0.4, 0.5) is 4.39 Å². The molecule has 1 heterocycles. The molecule has 0 saturated carbocycles. The van der Waals surface area contributed by atoms with E-state index in [4.69, 9.17) is 11.6 Å². The third-order valence-corrected chi connectivity index (χ3v) is 4.27. The summed E-state index contributed by atoms with van der Waals surface area (Å²) in [4.78, 5) is 12.2. The Morgan fingerprint density at radius 3 is 2.36 bits per heavy atom. The van der Waals surface area contributed by atoms with Crippen molar-refractivity contribution in [1.29, 1.82) is 0 Å². The Morgan fingerprint density at radius 2 is 1.76 bits per heavy atom. The normalized spacial score (nSPS) is 11.1. The number of hydrogen-bond acceptors (Lipinski definition) is 2. The lowest BCUT2D eigenvalue weighted by Crippen LogP contribution is -2.11. The number of aromatic nitrogens is 2. The summed E-state index contributed by atoms with van der Waals surface area (Å²) in [7, 11) is 0. The first-order chi connectivity index (χ1) is 11.9. The van der Waals surface area contributed by atoms with Gasteiger partial charge in [-0.2, -0.15) is 5.10 Å². The first kappa shape index (κ1) is 17.4. The van der Waals surface area contributed by atoms with E-state index in [1.807, 2.05) is 32.2 Å². The van der Waals surface area contributed by atoms with E-state index in [-0.39, 0.29) is 23.9 Å². The summed E-state index contributed by atoms with van der Waals surface area (Å²) in [6.07, 6.45) is 2.11. The third kappa shape index (κ3) is 3.97. The zero-order valence-electron chi connectivity index (χ0n) is 14.0. The standard InChI is InChI=1S/C20H18ClFN2O/c1-13(2)20(25)11-19-18(14-3-5-15(21)6-4-14)12-24(23-19)17-9-7-16(22)8-10-17/h3-10,12-13H,11H2,1-2H3. The molecule has 0 radical (unpaired) electrons. The quantitative estimate of drug-likeness (QED) is 0.637. The minimum absolute atomic E-state index is 0.0611. The summed E-state index contributed by atoms with van der Waals surface area (Å²) in [5, 5.41) is 5.22. The number of benzene rings is 2. The van der Waals surface area contributed by atoms with Gasteiger partial charge in [-0.3, -0.25) is 4.79 Å². The molecule has 0 bridgehead atoms. The molecule has 3 aromatic rings. The molecule has 0 atom stereocenters. The van der Waals surface area contributed by atoms with E-state index in [2.05, 4.69) is 5.10 Å². The fourth-order valence-electron chi connectivity index (χ4n) is 2.51. The van der Waals surface area contributed by atoms with E-state index >= 15 is 0 Å². The van der Waals surface area contributed by atoms with Crippen LogP contribution in [-0.4, -0.2) is 15.6 Å². The molecule has 5 heteroatoms. The summed E-state index contributed by atoms with van der Waals surface area (Å²) in [5.41, 5.74) is 3.24. The second-order valence-electron chi connectivity index (χ2n) is 6.22. The summed E-state index contributed by atoms with van der Waals surface area (Å²) in [5.74, 6) is -0.238. The second-order valence-corrected chi connectivity index (χ2v) is 6.65. The topological polar surface area (TPSA) is 34.9 Å². The van der Waals surface area contributed by atoms with Gasteiger partial charge < -0.3 is 0 Å². The number of rotatable bonds is 5. The second kappa shape index (κ2) is 7.19. The van der Waals surface area contributed by atoms with Crippen LogP contribution in [0, 0.1) is 11.7 Å². The van der Waals surface area contributed by atoms with Gasteiger partial charge in [-0.15, -0.1) is 0 Å². The van der Waals surface area contributed by atoms with E-state index in [1.165, 1.54) is 12.1 Å². The lowest BCUT2D eigenvalue weighted by Gasteiger charge is -2.04. The molecule has 128 valence electrons. The van der Waals surface area contributed by atoms with Crippen LogP contribution < -0.4 is 0 Å². The number of carbonyl (C=O) groups excluding carboxylic acids is 1. The molecule has 2 aromatic carbocycles. The highest BCUT2D eigenvalue weighted by molar-refractivity contribution is 6.30. The number of halogens is 2. The van der Waals surface area contributed by atoms with Gasteiger partial charge in [0.1, 0.15) is 11.6 Å². The monoisotopic (exact) mass is 356 g/mol. The van der Waals surface area contributed by atoms with Crippen molar-refractivity contribution in [1.82, 2.24) is 9.78 Å². The Morgan fingerprint density at radius 1 is 1.12 bits per heavy atom. The first-order valence-corrected chi connectivity index (χ1v) is 8.45. The fourth-order valence-corrected chi connectivity index (χ4v) is 2.63. The number of carbonyl (C=O) groups is 1. The highest BCUT2D eigenvalue weighted by atomic mass is 35.5. The smallest absolute Gasteiger partial charge is 0.141 e. The van der Waals surface area contributed by atoms with Crippen molar-refractivity contribution in [2.75, 3.05) is 0 Å².